The summed E-state index contributed by atoms with van der Waals surface area (Å²) in [4.78, 5) is 25.1. The van der Waals surface area contributed by atoms with Gasteiger partial charge in [0.2, 0.25) is 0 Å². The largest absolute Gasteiger partial charge is 0.495 e. The van der Waals surface area contributed by atoms with Crippen LogP contribution in [0.5, 0.6) is 11.5 Å². The summed E-state index contributed by atoms with van der Waals surface area (Å²) in [5.74, 6) is 0.840. The minimum absolute atomic E-state index is 0.211. The average Bonchev–Trinajstić information content (AvgIpc) is 2.79. The molecule has 3 aromatic rings. The number of anilines is 2. The first kappa shape index (κ1) is 19.3. The van der Waals surface area contributed by atoms with Crippen LogP contribution < -0.4 is 20.1 Å². The first-order chi connectivity index (χ1) is 14.6. The number of hydrogen-bond acceptors (Lipinski definition) is 4. The van der Waals surface area contributed by atoms with Gasteiger partial charge in [-0.05, 0) is 48.5 Å². The van der Waals surface area contributed by atoms with Gasteiger partial charge >= 0.3 is 0 Å². The molecule has 30 heavy (non-hydrogen) atoms. The number of fused-ring (bicyclic) bond motifs is 1. The van der Waals surface area contributed by atoms with Crippen molar-refractivity contribution in [2.24, 2.45) is 0 Å². The minimum atomic E-state index is -0.266. The van der Waals surface area contributed by atoms with E-state index in [0.717, 1.165) is 11.3 Å². The third kappa shape index (κ3) is 4.17. The normalized spacial score (nSPS) is 12.1. The van der Waals surface area contributed by atoms with Crippen molar-refractivity contribution < 1.29 is 19.1 Å². The van der Waals surface area contributed by atoms with Gasteiger partial charge in [0.05, 0.1) is 18.4 Å². The molecule has 4 rings (SSSR count). The lowest BCUT2D eigenvalue weighted by Gasteiger charge is -2.17. The average molecular weight is 400 g/mol. The Labute approximate surface area is 174 Å². The van der Waals surface area contributed by atoms with E-state index in [0.29, 0.717) is 28.3 Å². The molecule has 2 N–H and O–H groups in total. The zero-order chi connectivity index (χ0) is 20.9. The van der Waals surface area contributed by atoms with Crippen molar-refractivity contribution >= 4 is 29.3 Å². The quantitative estimate of drug-likeness (QED) is 0.667. The zero-order valence-electron chi connectivity index (χ0n) is 16.3. The molecule has 0 fully saturated rings. The van der Waals surface area contributed by atoms with E-state index in [1.807, 2.05) is 42.5 Å². The van der Waals surface area contributed by atoms with Crippen LogP contribution >= 0.6 is 0 Å². The fourth-order valence-corrected chi connectivity index (χ4v) is 3.11. The van der Waals surface area contributed by atoms with Gasteiger partial charge in [-0.1, -0.05) is 30.3 Å². The maximum atomic E-state index is 12.6. The third-order valence-electron chi connectivity index (χ3n) is 4.68. The van der Waals surface area contributed by atoms with Gasteiger partial charge < -0.3 is 20.1 Å². The number of benzene rings is 3. The predicted molar refractivity (Wildman–Crippen MR) is 116 cm³/mol. The maximum absolute atomic E-state index is 12.6. The zero-order valence-corrected chi connectivity index (χ0v) is 16.3. The molecule has 6 nitrogen and oxygen atoms in total. The van der Waals surface area contributed by atoms with Crippen molar-refractivity contribution in [3.05, 3.63) is 89.5 Å². The molecule has 6 heteroatoms. The second-order valence-corrected chi connectivity index (χ2v) is 6.68. The fourth-order valence-electron chi connectivity index (χ4n) is 3.11. The molecule has 150 valence electrons. The molecule has 0 atom stereocenters. The molecule has 2 amide bonds. The van der Waals surface area contributed by atoms with Gasteiger partial charge in [0, 0.05) is 16.8 Å². The van der Waals surface area contributed by atoms with Gasteiger partial charge in [0.1, 0.15) is 18.1 Å². The summed E-state index contributed by atoms with van der Waals surface area (Å²) >= 11 is 0. The molecule has 0 saturated heterocycles. The van der Waals surface area contributed by atoms with E-state index in [2.05, 4.69) is 10.6 Å². The van der Waals surface area contributed by atoms with Gasteiger partial charge in [-0.25, -0.2) is 0 Å². The highest BCUT2D eigenvalue weighted by molar-refractivity contribution is 6.08. The Bertz CT molecular complexity index is 1120. The van der Waals surface area contributed by atoms with Gasteiger partial charge in [-0.3, -0.25) is 9.59 Å². The van der Waals surface area contributed by atoms with Crippen molar-refractivity contribution in [1.82, 2.24) is 0 Å². The van der Waals surface area contributed by atoms with Crippen LogP contribution in [-0.4, -0.2) is 25.5 Å². The summed E-state index contributed by atoms with van der Waals surface area (Å²) in [5, 5.41) is 5.66. The molecule has 0 bridgehead atoms. The van der Waals surface area contributed by atoms with Crippen molar-refractivity contribution in [3.8, 4) is 11.5 Å². The Hall–Kier alpha value is -4.06. The lowest BCUT2D eigenvalue weighted by molar-refractivity contribution is -0.113. The van der Waals surface area contributed by atoms with E-state index in [1.54, 1.807) is 43.5 Å². The number of para-hydroxylation sites is 3. The summed E-state index contributed by atoms with van der Waals surface area (Å²) in [6, 6.07) is 21.4. The van der Waals surface area contributed by atoms with Crippen LogP contribution in [-0.2, 0) is 4.79 Å². The Balaban J connectivity index is 1.42. The third-order valence-corrected chi connectivity index (χ3v) is 4.68. The molecular weight excluding hydrogens is 380 g/mol. The molecule has 1 aliphatic rings. The number of carbonyl (C=O) groups is 2. The highest BCUT2D eigenvalue weighted by Gasteiger charge is 2.17. The monoisotopic (exact) mass is 400 g/mol. The fraction of sp³-hybridized carbons (Fsp3) is 0.0833. The van der Waals surface area contributed by atoms with Crippen LogP contribution in [0.1, 0.15) is 15.9 Å². The maximum Gasteiger partial charge on any atom is 0.255 e. The number of rotatable bonds is 5. The van der Waals surface area contributed by atoms with Gasteiger partial charge in [0.15, 0.2) is 0 Å². The number of ether oxygens (including phenoxy) is 2. The Morgan fingerprint density at radius 1 is 0.867 bits per heavy atom. The van der Waals surface area contributed by atoms with Crippen LogP contribution in [0.4, 0.5) is 11.4 Å². The SMILES string of the molecule is COc1ccccc1NC(=O)c1ccc(NC(=O)C2=Cc3ccccc3OC2)cc1. The van der Waals surface area contributed by atoms with E-state index in [9.17, 15) is 9.59 Å². The molecule has 0 aliphatic carbocycles. The molecule has 0 aromatic heterocycles. The van der Waals surface area contributed by atoms with Crippen molar-refractivity contribution in [1.29, 1.82) is 0 Å². The lowest BCUT2D eigenvalue weighted by Crippen LogP contribution is -2.21. The number of methoxy groups -OCH3 is 1. The van der Waals surface area contributed by atoms with E-state index in [-0.39, 0.29) is 18.4 Å². The van der Waals surface area contributed by atoms with Crippen LogP contribution in [0.15, 0.2) is 78.4 Å². The van der Waals surface area contributed by atoms with Crippen LogP contribution in [0.2, 0.25) is 0 Å². The van der Waals surface area contributed by atoms with Crippen LogP contribution in [0.25, 0.3) is 6.08 Å². The van der Waals surface area contributed by atoms with E-state index >= 15 is 0 Å². The molecule has 3 aromatic carbocycles. The molecule has 0 saturated carbocycles. The van der Waals surface area contributed by atoms with Crippen LogP contribution in [0.3, 0.4) is 0 Å². The molecule has 1 heterocycles. The molecule has 0 radical (unpaired) electrons. The number of hydrogen-bond donors (Lipinski definition) is 2. The lowest BCUT2D eigenvalue weighted by atomic mass is 10.1. The van der Waals surface area contributed by atoms with Crippen molar-refractivity contribution in [3.63, 3.8) is 0 Å². The van der Waals surface area contributed by atoms with E-state index < -0.39 is 0 Å². The second-order valence-electron chi connectivity index (χ2n) is 6.68. The Morgan fingerprint density at radius 2 is 1.60 bits per heavy atom. The summed E-state index contributed by atoms with van der Waals surface area (Å²) in [6.45, 7) is 0.211. The smallest absolute Gasteiger partial charge is 0.255 e. The van der Waals surface area contributed by atoms with Gasteiger partial charge in [0.25, 0.3) is 11.8 Å². The molecule has 0 unspecified atom stereocenters. The van der Waals surface area contributed by atoms with Crippen molar-refractivity contribution in [2.75, 3.05) is 24.4 Å². The van der Waals surface area contributed by atoms with E-state index in [1.165, 1.54) is 0 Å². The summed E-state index contributed by atoms with van der Waals surface area (Å²) < 4.78 is 10.9. The highest BCUT2D eigenvalue weighted by atomic mass is 16.5. The highest BCUT2D eigenvalue weighted by Crippen LogP contribution is 2.26. The first-order valence-electron chi connectivity index (χ1n) is 9.42. The standard InChI is InChI=1S/C24H20N2O4/c1-29-22-9-5-3-7-20(22)26-23(27)16-10-12-19(13-11-16)25-24(28)18-14-17-6-2-4-8-21(17)30-15-18/h2-14H,15H2,1H3,(H,25,28)(H,26,27). The number of nitrogens with one attached hydrogen (secondary N) is 2. The first-order valence-corrected chi connectivity index (χ1v) is 9.42. The number of carbonyl (C=O) groups excluding carboxylic acids is 2. The number of amides is 2. The van der Waals surface area contributed by atoms with Gasteiger partial charge in [-0.15, -0.1) is 0 Å². The van der Waals surface area contributed by atoms with Crippen LogP contribution in [0, 0.1) is 0 Å². The molecular formula is C24H20N2O4. The Kier molecular flexibility index (Phi) is 5.48. The Morgan fingerprint density at radius 3 is 2.40 bits per heavy atom. The summed E-state index contributed by atoms with van der Waals surface area (Å²) in [6.07, 6.45) is 1.82. The molecule has 0 spiro atoms. The second kappa shape index (κ2) is 8.53. The van der Waals surface area contributed by atoms with Gasteiger partial charge in [-0.2, -0.15) is 0 Å². The molecule has 1 aliphatic heterocycles. The topological polar surface area (TPSA) is 76.7 Å². The van der Waals surface area contributed by atoms with E-state index in [4.69, 9.17) is 9.47 Å². The summed E-state index contributed by atoms with van der Waals surface area (Å²) in [7, 11) is 1.55. The minimum Gasteiger partial charge on any atom is -0.495 e. The van der Waals surface area contributed by atoms with Crippen molar-refractivity contribution in [2.45, 2.75) is 0 Å². The summed E-state index contributed by atoms with van der Waals surface area (Å²) in [5.41, 5.74) is 3.05. The predicted octanol–water partition coefficient (Wildman–Crippen LogP) is 4.36.